The Hall–Kier alpha value is -4.87. The SMILES string of the molecule is COc1c(F)ccc2c1CCC2Nc1nccc2cc(-c3c4c(nc(CCc5cccc(Cl)c5)c3-c3nnc(C)o3)[C@H]3CCCN3C4=O)sc12. The molecule has 1 fully saturated rings. The van der Waals surface area contributed by atoms with Gasteiger partial charge in [-0.25, -0.2) is 9.37 Å². The van der Waals surface area contributed by atoms with Gasteiger partial charge in [0, 0.05) is 40.7 Å². The Bertz CT molecular complexity index is 2340. The number of aryl methyl sites for hydroxylation is 3. The molecular formula is C38H32ClFN6O3S. The molecule has 3 aliphatic rings. The first-order valence-corrected chi connectivity index (χ1v) is 18.0. The van der Waals surface area contributed by atoms with Gasteiger partial charge in [0.05, 0.1) is 46.4 Å². The third kappa shape index (κ3) is 5.05. The Morgan fingerprint density at radius 3 is 2.82 bits per heavy atom. The number of ether oxygens (including phenoxy) is 1. The van der Waals surface area contributed by atoms with Gasteiger partial charge in [-0.2, -0.15) is 0 Å². The molecule has 1 amide bonds. The number of hydrogen-bond acceptors (Lipinski definition) is 9. The van der Waals surface area contributed by atoms with E-state index < -0.39 is 0 Å². The summed E-state index contributed by atoms with van der Waals surface area (Å²) in [6.45, 7) is 2.46. The van der Waals surface area contributed by atoms with Crippen molar-refractivity contribution in [3.8, 4) is 27.6 Å². The first-order chi connectivity index (χ1) is 24.4. The van der Waals surface area contributed by atoms with Crippen molar-refractivity contribution in [2.45, 2.75) is 57.5 Å². The molecule has 1 N–H and O–H groups in total. The third-order valence-electron chi connectivity index (χ3n) is 10.1. The van der Waals surface area contributed by atoms with Gasteiger partial charge in [0.25, 0.3) is 5.91 Å². The molecule has 4 aromatic heterocycles. The lowest BCUT2D eigenvalue weighted by Gasteiger charge is -2.16. The predicted molar refractivity (Wildman–Crippen MR) is 190 cm³/mol. The Morgan fingerprint density at radius 2 is 2.00 bits per heavy atom. The van der Waals surface area contributed by atoms with Gasteiger partial charge in [-0.1, -0.05) is 29.8 Å². The number of benzene rings is 2. The molecule has 0 radical (unpaired) electrons. The first kappa shape index (κ1) is 31.1. The molecule has 252 valence electrons. The second-order valence-corrected chi connectivity index (χ2v) is 14.5. The first-order valence-electron chi connectivity index (χ1n) is 16.8. The zero-order chi connectivity index (χ0) is 34.1. The lowest BCUT2D eigenvalue weighted by atomic mass is 9.93. The fraction of sp³-hybridized carbons (Fsp3) is 0.289. The largest absolute Gasteiger partial charge is 0.493 e. The van der Waals surface area contributed by atoms with Gasteiger partial charge in [-0.15, -0.1) is 21.5 Å². The number of nitrogens with one attached hydrogen (secondary N) is 1. The topological polar surface area (TPSA) is 106 Å². The third-order valence-corrected chi connectivity index (χ3v) is 11.5. The van der Waals surface area contributed by atoms with Gasteiger partial charge in [-0.05, 0) is 85.4 Å². The van der Waals surface area contributed by atoms with E-state index in [1.54, 1.807) is 24.5 Å². The predicted octanol–water partition coefficient (Wildman–Crippen LogP) is 8.69. The van der Waals surface area contributed by atoms with E-state index in [2.05, 4.69) is 27.6 Å². The summed E-state index contributed by atoms with van der Waals surface area (Å²) in [6.07, 6.45) is 6.37. The number of amides is 1. The highest BCUT2D eigenvalue weighted by Crippen LogP contribution is 2.51. The van der Waals surface area contributed by atoms with Crippen molar-refractivity contribution in [3.05, 3.63) is 105 Å². The van der Waals surface area contributed by atoms with Crippen LogP contribution in [0.25, 0.3) is 32.0 Å². The van der Waals surface area contributed by atoms with Gasteiger partial charge >= 0.3 is 0 Å². The summed E-state index contributed by atoms with van der Waals surface area (Å²) in [5.74, 6) is 1.44. The van der Waals surface area contributed by atoms with Crippen LogP contribution in [0, 0.1) is 12.7 Å². The highest BCUT2D eigenvalue weighted by atomic mass is 35.5. The Balaban J connectivity index is 1.20. The van der Waals surface area contributed by atoms with E-state index in [4.69, 9.17) is 30.7 Å². The van der Waals surface area contributed by atoms with E-state index in [1.165, 1.54) is 13.2 Å². The molecule has 9 nitrogen and oxygen atoms in total. The van der Waals surface area contributed by atoms with Gasteiger partial charge in [-0.3, -0.25) is 9.78 Å². The van der Waals surface area contributed by atoms with Crippen LogP contribution >= 0.6 is 22.9 Å². The number of fused-ring (bicyclic) bond motifs is 5. The highest BCUT2D eigenvalue weighted by Gasteiger charge is 2.45. The fourth-order valence-electron chi connectivity index (χ4n) is 7.93. The van der Waals surface area contributed by atoms with E-state index in [9.17, 15) is 9.18 Å². The standard InChI is InChI=1S/C38H32ClFN6O3S/c1-19-44-45-37(49-19)30-27(12-8-20-5-3-6-22(39)17-20)42-33-28-7-4-16-46(28)38(47)32(33)31(30)29-18-21-14-15-41-36(35(21)50-29)43-26-13-10-24-23(26)9-11-25(40)34(24)48-2/h3,5-6,9,11,14-15,17-18,26,28H,4,7-8,10,12-13,16H2,1-2H3,(H,41,43)/t26?,28-/m1/s1. The maximum absolute atomic E-state index is 14.5. The number of nitrogens with zero attached hydrogens (tertiary/aromatic N) is 5. The molecular weight excluding hydrogens is 675 g/mol. The van der Waals surface area contributed by atoms with E-state index in [-0.39, 0.29) is 23.8 Å². The maximum Gasteiger partial charge on any atom is 0.257 e. The number of hydrogen-bond donors (Lipinski definition) is 1. The molecule has 0 saturated carbocycles. The number of methoxy groups -OCH3 is 1. The molecule has 1 saturated heterocycles. The van der Waals surface area contributed by atoms with Crippen LogP contribution in [0.2, 0.25) is 5.02 Å². The minimum Gasteiger partial charge on any atom is -0.493 e. The van der Waals surface area contributed by atoms with Crippen LogP contribution in [0.1, 0.15) is 75.7 Å². The molecule has 2 aromatic carbocycles. The van der Waals surface area contributed by atoms with Gasteiger partial charge in [0.2, 0.25) is 11.8 Å². The fourth-order valence-corrected chi connectivity index (χ4v) is 9.31. The number of carbonyl (C=O) groups is 1. The van der Waals surface area contributed by atoms with E-state index in [0.717, 1.165) is 73.7 Å². The normalized spacial score (nSPS) is 17.8. The van der Waals surface area contributed by atoms with Crippen molar-refractivity contribution in [1.29, 1.82) is 0 Å². The molecule has 0 bridgehead atoms. The summed E-state index contributed by atoms with van der Waals surface area (Å²) in [4.78, 5) is 27.1. The van der Waals surface area contributed by atoms with Gasteiger partial charge < -0.3 is 19.4 Å². The summed E-state index contributed by atoms with van der Waals surface area (Å²) in [7, 11) is 1.51. The second-order valence-electron chi connectivity index (χ2n) is 13.1. The minimum absolute atomic E-state index is 0.0125. The van der Waals surface area contributed by atoms with E-state index >= 15 is 0 Å². The summed E-state index contributed by atoms with van der Waals surface area (Å²) < 4.78 is 27.0. The van der Waals surface area contributed by atoms with Crippen LogP contribution in [0.4, 0.5) is 10.2 Å². The number of halogens is 2. The molecule has 6 aromatic rings. The molecule has 2 atom stereocenters. The zero-order valence-electron chi connectivity index (χ0n) is 27.4. The molecule has 2 aliphatic heterocycles. The molecule has 9 rings (SSSR count). The molecule has 1 unspecified atom stereocenters. The second kappa shape index (κ2) is 12.2. The summed E-state index contributed by atoms with van der Waals surface area (Å²) in [5.41, 5.74) is 6.69. The van der Waals surface area contributed by atoms with Crippen molar-refractivity contribution in [1.82, 2.24) is 25.1 Å². The smallest absolute Gasteiger partial charge is 0.257 e. The molecule has 0 spiro atoms. The van der Waals surface area contributed by atoms with Crippen molar-refractivity contribution in [2.24, 2.45) is 0 Å². The number of aromatic nitrogens is 4. The summed E-state index contributed by atoms with van der Waals surface area (Å²) in [5, 5.41) is 14.0. The molecule has 1 aliphatic carbocycles. The minimum atomic E-state index is -0.353. The van der Waals surface area contributed by atoms with Crippen molar-refractivity contribution in [3.63, 3.8) is 0 Å². The highest BCUT2D eigenvalue weighted by molar-refractivity contribution is 7.23. The molecule has 12 heteroatoms. The van der Waals surface area contributed by atoms with Crippen LogP contribution in [0.3, 0.4) is 0 Å². The average molecular weight is 707 g/mol. The van der Waals surface area contributed by atoms with E-state index in [1.807, 2.05) is 35.2 Å². The number of pyridine rings is 2. The van der Waals surface area contributed by atoms with Crippen molar-refractivity contribution >= 4 is 44.7 Å². The lowest BCUT2D eigenvalue weighted by molar-refractivity contribution is 0.0776. The average Bonchev–Trinajstić information content (AvgIpc) is 3.95. The van der Waals surface area contributed by atoms with Crippen LogP contribution in [-0.2, 0) is 19.3 Å². The van der Waals surface area contributed by atoms with Crippen LogP contribution < -0.4 is 10.1 Å². The summed E-state index contributed by atoms with van der Waals surface area (Å²) >= 11 is 7.92. The number of anilines is 1. The van der Waals surface area contributed by atoms with E-state index in [0.29, 0.717) is 59.5 Å². The van der Waals surface area contributed by atoms with Crippen molar-refractivity contribution in [2.75, 3.05) is 19.0 Å². The molecule has 6 heterocycles. The monoisotopic (exact) mass is 706 g/mol. The summed E-state index contributed by atoms with van der Waals surface area (Å²) in [6, 6.07) is 15.1. The Labute approximate surface area is 296 Å². The quantitative estimate of drug-likeness (QED) is 0.168. The maximum atomic E-state index is 14.5. The number of carbonyl (C=O) groups excluding carboxylic acids is 1. The van der Waals surface area contributed by atoms with Crippen LogP contribution in [0.5, 0.6) is 5.75 Å². The zero-order valence-corrected chi connectivity index (χ0v) is 29.0. The van der Waals surface area contributed by atoms with Crippen molar-refractivity contribution < 1.29 is 18.3 Å². The Kier molecular flexibility index (Phi) is 7.58. The Morgan fingerprint density at radius 1 is 1.10 bits per heavy atom. The van der Waals surface area contributed by atoms with Crippen LogP contribution in [0.15, 0.2) is 59.1 Å². The van der Waals surface area contributed by atoms with Crippen LogP contribution in [-0.4, -0.2) is 44.6 Å². The number of rotatable bonds is 8. The lowest BCUT2D eigenvalue weighted by Crippen LogP contribution is -2.22. The van der Waals surface area contributed by atoms with Gasteiger partial charge in [0.1, 0.15) is 5.82 Å². The molecule has 50 heavy (non-hydrogen) atoms. The van der Waals surface area contributed by atoms with Gasteiger partial charge in [0.15, 0.2) is 11.6 Å². The number of thiophene rings is 1.